The van der Waals surface area contributed by atoms with Crippen LogP contribution in [-0.2, 0) is 10.8 Å². The van der Waals surface area contributed by atoms with Gasteiger partial charge in [-0.1, -0.05) is 155 Å². The molecule has 5 aromatic heterocycles. The molecule has 0 spiro atoms. The van der Waals surface area contributed by atoms with E-state index in [0.29, 0.717) is 0 Å². The average molecular weight is 1080 g/mol. The lowest BCUT2D eigenvalue weighted by molar-refractivity contribution is 0.395. The van der Waals surface area contributed by atoms with E-state index in [1.165, 1.54) is 39.0 Å². The van der Waals surface area contributed by atoms with Gasteiger partial charge < -0.3 is 18.6 Å². The number of anilines is 6. The number of hydrogen-bond acceptors (Lipinski definition) is 6. The van der Waals surface area contributed by atoms with Crippen molar-refractivity contribution in [2.24, 2.45) is 5.92 Å². The largest absolute Gasteiger partial charge is 0.310 e. The second kappa shape index (κ2) is 19.1. The molecular formula is C76H58N8. The topological polar surface area (TPSA) is 66.9 Å². The minimum Gasteiger partial charge on any atom is -0.310 e. The highest BCUT2D eigenvalue weighted by Gasteiger charge is 2.46. The maximum atomic E-state index is 5.38. The number of imidazole rings is 2. The molecule has 0 fully saturated rings. The van der Waals surface area contributed by atoms with Crippen LogP contribution in [0, 0.1) is 5.92 Å². The predicted molar refractivity (Wildman–Crippen MR) is 343 cm³/mol. The summed E-state index contributed by atoms with van der Waals surface area (Å²) in [7, 11) is 0. The monoisotopic (exact) mass is 1080 g/mol. The Labute approximate surface area is 488 Å². The molecule has 0 radical (unpaired) electrons. The molecule has 16 rings (SSSR count). The first-order chi connectivity index (χ1) is 41.1. The van der Waals surface area contributed by atoms with Gasteiger partial charge in [-0.3, -0.25) is 0 Å². The first-order valence-corrected chi connectivity index (χ1v) is 29.0. The second-order valence-corrected chi connectivity index (χ2v) is 23.7. The van der Waals surface area contributed by atoms with Crippen LogP contribution >= 0.6 is 0 Å². The fourth-order valence-electron chi connectivity index (χ4n) is 13.7. The molecule has 402 valence electrons. The van der Waals surface area contributed by atoms with Gasteiger partial charge in [0.1, 0.15) is 11.3 Å². The number of para-hydroxylation sites is 4. The van der Waals surface area contributed by atoms with Gasteiger partial charge in [-0.2, -0.15) is 0 Å². The molecule has 2 atom stereocenters. The number of hydrogen-bond donors (Lipinski definition) is 0. The molecular weight excluding hydrogens is 1020 g/mol. The zero-order valence-electron chi connectivity index (χ0n) is 47.1. The molecule has 8 nitrogen and oxygen atoms in total. The molecule has 0 bridgehead atoms. The Bertz CT molecular complexity index is 4730. The zero-order chi connectivity index (χ0) is 56.3. The Morgan fingerprint density at radius 3 is 1.45 bits per heavy atom. The molecule has 0 amide bonds. The van der Waals surface area contributed by atoms with E-state index in [9.17, 15) is 0 Å². The molecule has 5 heterocycles. The van der Waals surface area contributed by atoms with E-state index < -0.39 is 0 Å². The molecule has 0 N–H and O–H groups in total. The third-order valence-electron chi connectivity index (χ3n) is 18.0. The molecule has 13 aromatic rings. The van der Waals surface area contributed by atoms with Gasteiger partial charge in [0.25, 0.3) is 0 Å². The fraction of sp³-hybridized carbons (Fsp3) is 0.105. The summed E-state index contributed by atoms with van der Waals surface area (Å²) in [5.41, 5.74) is 25.5. The van der Waals surface area contributed by atoms with Crippen molar-refractivity contribution in [1.29, 1.82) is 0 Å². The zero-order valence-corrected chi connectivity index (χ0v) is 47.1. The van der Waals surface area contributed by atoms with Crippen molar-refractivity contribution in [1.82, 2.24) is 28.7 Å². The van der Waals surface area contributed by atoms with Gasteiger partial charge in [0.2, 0.25) is 0 Å². The SMILES string of the molecule is CC1(C)c2cc(-c3cn4ccccc4n3)ccc2-c2ccc(N(c3ccccc3)c3ccc(-c4nc5ccccc5nc4-c4ccc(N(c5ccccc5)c5ccc6c(c5)C(C)(C)C5C=C(c7cn8ccccc8n7)C=CC65)cc4)cc3)cc21. The minimum absolute atomic E-state index is 0.128. The highest BCUT2D eigenvalue weighted by Crippen LogP contribution is 2.56. The van der Waals surface area contributed by atoms with Crippen LogP contribution in [-0.4, -0.2) is 28.7 Å². The van der Waals surface area contributed by atoms with Gasteiger partial charge >= 0.3 is 0 Å². The van der Waals surface area contributed by atoms with E-state index >= 15 is 0 Å². The summed E-state index contributed by atoms with van der Waals surface area (Å²) in [5, 5.41) is 0. The van der Waals surface area contributed by atoms with Crippen LogP contribution < -0.4 is 9.80 Å². The van der Waals surface area contributed by atoms with Gasteiger partial charge in [-0.15, -0.1) is 0 Å². The molecule has 8 aromatic carbocycles. The van der Waals surface area contributed by atoms with Crippen molar-refractivity contribution in [3.05, 3.63) is 295 Å². The quantitative estimate of drug-likeness (QED) is 0.136. The molecule has 3 aliphatic carbocycles. The lowest BCUT2D eigenvalue weighted by Crippen LogP contribution is -2.25. The van der Waals surface area contributed by atoms with E-state index in [2.05, 4.69) is 277 Å². The minimum atomic E-state index is -0.247. The van der Waals surface area contributed by atoms with Gasteiger partial charge in [-0.05, 0) is 166 Å². The van der Waals surface area contributed by atoms with Crippen molar-refractivity contribution in [2.45, 2.75) is 44.4 Å². The van der Waals surface area contributed by atoms with E-state index in [0.717, 1.165) is 95.9 Å². The summed E-state index contributed by atoms with van der Waals surface area (Å²) in [6, 6.07) is 80.4. The Balaban J connectivity index is 0.727. The first kappa shape index (κ1) is 49.4. The number of fused-ring (bicyclic) bond motifs is 9. The Kier molecular flexibility index (Phi) is 11.2. The van der Waals surface area contributed by atoms with Crippen LogP contribution in [0.1, 0.15) is 61.6 Å². The number of allylic oxidation sites excluding steroid dienone is 4. The summed E-state index contributed by atoms with van der Waals surface area (Å²) in [6.07, 6.45) is 15.5. The van der Waals surface area contributed by atoms with Crippen LogP contribution in [0.15, 0.2) is 267 Å². The lowest BCUT2D eigenvalue weighted by Gasteiger charge is -2.31. The number of benzene rings is 8. The van der Waals surface area contributed by atoms with Crippen molar-refractivity contribution in [3.63, 3.8) is 0 Å². The lowest BCUT2D eigenvalue weighted by atomic mass is 9.73. The summed E-state index contributed by atoms with van der Waals surface area (Å²) < 4.78 is 4.19. The molecule has 84 heavy (non-hydrogen) atoms. The van der Waals surface area contributed by atoms with E-state index in [1.54, 1.807) is 0 Å². The van der Waals surface area contributed by atoms with Gasteiger partial charge in [0, 0.05) is 86.9 Å². The summed E-state index contributed by atoms with van der Waals surface area (Å²) in [5.74, 6) is 0.573. The molecule has 0 saturated carbocycles. The van der Waals surface area contributed by atoms with Crippen LogP contribution in [0.2, 0.25) is 0 Å². The second-order valence-electron chi connectivity index (χ2n) is 23.7. The van der Waals surface area contributed by atoms with Crippen LogP contribution in [0.4, 0.5) is 34.1 Å². The Hall–Kier alpha value is -10.4. The number of pyridine rings is 2. The standard InChI is InChI=1S/C76H58N8/c1-75(2)63-43-51(69-47-81-41-15-13-23-71(81)77-69)29-37-59(63)61-39-35-57(45-65(61)75)83(53-17-7-5-8-18-53)55-31-25-49(26-32-55)73-74(80-68-22-12-11-21-67(68)79-73)50-27-33-56(34-28-50)84(54-19-9-6-10-20-54)58-36-40-62-60-38-30-52(44-64(60)76(3,4)66(62)46-58)70-48-82-42-16-14-24-72(82)78-70/h5-48,59,63H,1-4H3. The molecule has 0 saturated heterocycles. The van der Waals surface area contributed by atoms with Crippen molar-refractivity contribution < 1.29 is 0 Å². The van der Waals surface area contributed by atoms with Crippen LogP contribution in [0.25, 0.3) is 72.8 Å². The third-order valence-corrected chi connectivity index (χ3v) is 18.0. The number of nitrogens with zero attached hydrogens (tertiary/aromatic N) is 8. The van der Waals surface area contributed by atoms with E-state index in [-0.39, 0.29) is 22.7 Å². The maximum absolute atomic E-state index is 5.38. The van der Waals surface area contributed by atoms with E-state index in [1.807, 2.05) is 36.4 Å². The summed E-state index contributed by atoms with van der Waals surface area (Å²) in [4.78, 5) is 25.5. The maximum Gasteiger partial charge on any atom is 0.137 e. The highest BCUT2D eigenvalue weighted by atomic mass is 15.1. The number of aromatic nitrogens is 6. The highest BCUT2D eigenvalue weighted by molar-refractivity contribution is 5.90. The first-order valence-electron chi connectivity index (χ1n) is 29.0. The fourth-order valence-corrected chi connectivity index (χ4v) is 13.7. The normalized spacial score (nSPS) is 16.1. The van der Waals surface area contributed by atoms with Crippen molar-refractivity contribution >= 4 is 62.0 Å². The molecule has 8 heteroatoms. The number of rotatable bonds is 10. The predicted octanol–water partition coefficient (Wildman–Crippen LogP) is 18.8. The summed E-state index contributed by atoms with van der Waals surface area (Å²) >= 11 is 0. The molecule has 0 aliphatic heterocycles. The van der Waals surface area contributed by atoms with Crippen molar-refractivity contribution in [3.8, 4) is 44.9 Å². The van der Waals surface area contributed by atoms with Crippen LogP contribution in [0.3, 0.4) is 0 Å². The van der Waals surface area contributed by atoms with E-state index in [4.69, 9.17) is 19.9 Å². The molecule has 3 aliphatic rings. The third kappa shape index (κ3) is 8.04. The van der Waals surface area contributed by atoms with Gasteiger partial charge in [0.15, 0.2) is 0 Å². The molecule has 2 unspecified atom stereocenters. The van der Waals surface area contributed by atoms with Crippen molar-refractivity contribution in [2.75, 3.05) is 9.80 Å². The van der Waals surface area contributed by atoms with Gasteiger partial charge in [-0.25, -0.2) is 19.9 Å². The van der Waals surface area contributed by atoms with Crippen LogP contribution in [0.5, 0.6) is 0 Å². The smallest absolute Gasteiger partial charge is 0.137 e. The Morgan fingerprint density at radius 1 is 0.405 bits per heavy atom. The summed E-state index contributed by atoms with van der Waals surface area (Å²) in [6.45, 7) is 9.51. The average Bonchev–Trinajstić information content (AvgIpc) is 2.84. The Morgan fingerprint density at radius 2 is 0.869 bits per heavy atom. The van der Waals surface area contributed by atoms with Gasteiger partial charge in [0.05, 0.1) is 33.8 Å².